The van der Waals surface area contributed by atoms with Crippen LogP contribution in [0, 0.1) is 6.92 Å². The van der Waals surface area contributed by atoms with Gasteiger partial charge in [0.1, 0.15) is 17.6 Å². The van der Waals surface area contributed by atoms with E-state index in [1.54, 1.807) is 25.5 Å². The highest BCUT2D eigenvalue weighted by Gasteiger charge is 2.32. The number of pyridine rings is 1. The van der Waals surface area contributed by atoms with E-state index >= 15 is 0 Å². The summed E-state index contributed by atoms with van der Waals surface area (Å²) >= 11 is 0. The van der Waals surface area contributed by atoms with Crippen LogP contribution < -0.4 is 14.8 Å². The summed E-state index contributed by atoms with van der Waals surface area (Å²) in [6.45, 7) is 5.91. The topological polar surface area (TPSA) is 145 Å². The van der Waals surface area contributed by atoms with Crippen LogP contribution in [0.4, 0.5) is 4.79 Å². The molecule has 0 saturated heterocycles. The fraction of sp³-hybridized carbons (Fsp3) is 0.308. The molecule has 1 amide bonds. The van der Waals surface area contributed by atoms with Crippen molar-refractivity contribution >= 4 is 6.09 Å². The van der Waals surface area contributed by atoms with E-state index in [2.05, 4.69) is 44.3 Å². The van der Waals surface area contributed by atoms with Crippen molar-refractivity contribution in [2.75, 3.05) is 0 Å². The van der Waals surface area contributed by atoms with Crippen molar-refractivity contribution in [2.24, 2.45) is 0 Å². The first-order chi connectivity index (χ1) is 17.8. The molecule has 11 nitrogen and oxygen atoms in total. The van der Waals surface area contributed by atoms with Crippen molar-refractivity contribution in [1.29, 1.82) is 0 Å². The van der Waals surface area contributed by atoms with Gasteiger partial charge in [0.2, 0.25) is 17.5 Å². The number of nitrogens with one attached hydrogen (secondary N) is 1. The van der Waals surface area contributed by atoms with Gasteiger partial charge in [-0.25, -0.2) is 14.8 Å². The van der Waals surface area contributed by atoms with Gasteiger partial charge in [0, 0.05) is 31.2 Å². The van der Waals surface area contributed by atoms with Crippen LogP contribution in [0.1, 0.15) is 43.8 Å². The maximum absolute atomic E-state index is 10.7. The highest BCUT2D eigenvalue weighted by molar-refractivity contribution is 5.65. The van der Waals surface area contributed by atoms with Crippen LogP contribution >= 0.6 is 0 Å². The zero-order valence-corrected chi connectivity index (χ0v) is 20.6. The molecule has 1 aromatic carbocycles. The normalized spacial score (nSPS) is 17.1. The van der Waals surface area contributed by atoms with Crippen molar-refractivity contribution < 1.29 is 23.9 Å². The molecule has 0 radical (unpaired) electrons. The Bertz CT molecular complexity index is 1360. The Morgan fingerprint density at radius 1 is 0.973 bits per heavy atom. The minimum absolute atomic E-state index is 0.00478. The summed E-state index contributed by atoms with van der Waals surface area (Å²) in [5.41, 5.74) is 1.62. The zero-order chi connectivity index (χ0) is 26.0. The number of nitrogens with zero attached hydrogens (tertiary/aromatic N) is 5. The number of benzene rings is 1. The van der Waals surface area contributed by atoms with Gasteiger partial charge < -0.3 is 24.4 Å². The molecular formula is C26H26N6O5. The first-order valence-electron chi connectivity index (χ1n) is 11.8. The van der Waals surface area contributed by atoms with E-state index < -0.39 is 6.09 Å². The van der Waals surface area contributed by atoms with E-state index in [0.29, 0.717) is 47.6 Å². The Morgan fingerprint density at radius 3 is 2.24 bits per heavy atom. The molecule has 0 bridgehead atoms. The van der Waals surface area contributed by atoms with Gasteiger partial charge in [0.25, 0.3) is 0 Å². The second-order valence-electron chi connectivity index (χ2n) is 9.37. The molecule has 0 unspecified atom stereocenters. The number of aromatic nitrogens is 5. The summed E-state index contributed by atoms with van der Waals surface area (Å²) in [6.07, 6.45) is 5.14. The molecule has 3 aromatic heterocycles. The van der Waals surface area contributed by atoms with Crippen molar-refractivity contribution in [3.8, 4) is 28.9 Å². The Morgan fingerprint density at radius 2 is 1.65 bits per heavy atom. The van der Waals surface area contributed by atoms with E-state index in [4.69, 9.17) is 19.1 Å². The molecule has 0 aliphatic heterocycles. The van der Waals surface area contributed by atoms with Crippen LogP contribution in [0.3, 0.4) is 0 Å². The van der Waals surface area contributed by atoms with E-state index in [1.165, 1.54) is 0 Å². The fourth-order valence-electron chi connectivity index (χ4n) is 4.06. The molecule has 1 aliphatic rings. The molecule has 37 heavy (non-hydrogen) atoms. The molecule has 5 rings (SSSR count). The van der Waals surface area contributed by atoms with E-state index in [-0.39, 0.29) is 17.6 Å². The summed E-state index contributed by atoms with van der Waals surface area (Å²) < 4.78 is 16.8. The SMILES string of the molecule is Cc1nc(-c2ncc(Oc3ccc(C(C)(C)c4ccc(O[C@H]5C[C@H](NC(=O)O)C5)cn4)cc3)cn2)no1. The smallest absolute Gasteiger partial charge is 0.404 e. The van der Waals surface area contributed by atoms with Gasteiger partial charge in [-0.3, -0.25) is 4.98 Å². The zero-order valence-electron chi connectivity index (χ0n) is 20.6. The lowest BCUT2D eigenvalue weighted by Crippen LogP contribution is -2.48. The molecule has 11 heteroatoms. The highest BCUT2D eigenvalue weighted by Crippen LogP contribution is 2.33. The molecule has 0 spiro atoms. The van der Waals surface area contributed by atoms with Crippen LogP contribution in [-0.2, 0) is 5.41 Å². The van der Waals surface area contributed by atoms with E-state index in [9.17, 15) is 4.79 Å². The van der Waals surface area contributed by atoms with Crippen molar-refractivity contribution in [1.82, 2.24) is 30.4 Å². The Balaban J connectivity index is 1.19. The average molecular weight is 503 g/mol. The number of ether oxygens (including phenoxy) is 2. The third-order valence-corrected chi connectivity index (χ3v) is 6.27. The molecule has 0 atom stereocenters. The minimum atomic E-state index is -1.00. The number of carbonyl (C=O) groups is 1. The molecule has 1 saturated carbocycles. The molecule has 190 valence electrons. The predicted octanol–water partition coefficient (Wildman–Crippen LogP) is 4.53. The first-order valence-corrected chi connectivity index (χ1v) is 11.8. The minimum Gasteiger partial charge on any atom is -0.489 e. The number of hydrogen-bond acceptors (Lipinski definition) is 9. The van der Waals surface area contributed by atoms with Gasteiger partial charge in [-0.1, -0.05) is 31.1 Å². The number of hydrogen-bond donors (Lipinski definition) is 2. The van der Waals surface area contributed by atoms with Crippen molar-refractivity contribution in [3.63, 3.8) is 0 Å². The van der Waals surface area contributed by atoms with E-state index in [0.717, 1.165) is 11.3 Å². The van der Waals surface area contributed by atoms with Crippen LogP contribution in [0.15, 0.2) is 59.5 Å². The van der Waals surface area contributed by atoms with Crippen LogP contribution in [0.5, 0.6) is 17.2 Å². The van der Waals surface area contributed by atoms with Crippen molar-refractivity contribution in [3.05, 3.63) is 72.1 Å². The Labute approximate surface area is 212 Å². The summed E-state index contributed by atoms with van der Waals surface area (Å²) in [6, 6.07) is 11.6. The van der Waals surface area contributed by atoms with E-state index in [1.807, 2.05) is 36.4 Å². The number of amides is 1. The standard InChI is InChI=1S/C26H26N6O5/c1-15-30-24(32-37-15)23-28-13-21(14-29-23)35-18-6-4-16(5-7-18)26(2,3)22-9-8-19(12-27-22)36-20-10-17(11-20)31-25(33)34/h4-9,12-14,17,20,31H,10-11H2,1-3H3,(H,33,34)/t17-,20-. The largest absolute Gasteiger partial charge is 0.489 e. The lowest BCUT2D eigenvalue weighted by molar-refractivity contribution is 0.0830. The molecule has 3 heterocycles. The summed E-state index contributed by atoms with van der Waals surface area (Å²) in [5.74, 6) is 2.94. The lowest BCUT2D eigenvalue weighted by Gasteiger charge is -2.35. The molecule has 1 aliphatic carbocycles. The van der Waals surface area contributed by atoms with Gasteiger partial charge >= 0.3 is 6.09 Å². The molecular weight excluding hydrogens is 476 g/mol. The number of carboxylic acid groups (broad SMARTS) is 1. The predicted molar refractivity (Wildman–Crippen MR) is 132 cm³/mol. The van der Waals surface area contributed by atoms with Crippen LogP contribution in [-0.4, -0.2) is 48.4 Å². The summed E-state index contributed by atoms with van der Waals surface area (Å²) in [5, 5.41) is 15.0. The maximum Gasteiger partial charge on any atom is 0.404 e. The molecule has 2 N–H and O–H groups in total. The maximum atomic E-state index is 10.7. The number of rotatable bonds is 8. The van der Waals surface area contributed by atoms with Gasteiger partial charge in [-0.05, 0) is 29.8 Å². The molecule has 1 fully saturated rings. The van der Waals surface area contributed by atoms with Gasteiger partial charge in [-0.2, -0.15) is 4.98 Å². The second-order valence-corrected chi connectivity index (χ2v) is 9.37. The monoisotopic (exact) mass is 502 g/mol. The highest BCUT2D eigenvalue weighted by atomic mass is 16.5. The van der Waals surface area contributed by atoms with Gasteiger partial charge in [-0.15, -0.1) is 0 Å². The Hall–Kier alpha value is -4.54. The lowest BCUT2D eigenvalue weighted by atomic mass is 9.81. The quantitative estimate of drug-likeness (QED) is 0.352. The summed E-state index contributed by atoms with van der Waals surface area (Å²) in [7, 11) is 0. The second kappa shape index (κ2) is 9.84. The fourth-order valence-corrected chi connectivity index (χ4v) is 4.06. The van der Waals surface area contributed by atoms with Crippen LogP contribution in [0.25, 0.3) is 11.6 Å². The molecule has 4 aromatic rings. The van der Waals surface area contributed by atoms with Gasteiger partial charge in [0.05, 0.1) is 24.3 Å². The Kier molecular flexibility index (Phi) is 6.43. The van der Waals surface area contributed by atoms with Gasteiger partial charge in [0.15, 0.2) is 5.75 Å². The average Bonchev–Trinajstić information content (AvgIpc) is 3.30. The third kappa shape index (κ3) is 5.50. The third-order valence-electron chi connectivity index (χ3n) is 6.27. The van der Waals surface area contributed by atoms with Crippen molar-refractivity contribution in [2.45, 2.75) is 51.2 Å². The first kappa shape index (κ1) is 24.2. The van der Waals surface area contributed by atoms with Crippen LogP contribution in [0.2, 0.25) is 0 Å². The summed E-state index contributed by atoms with van der Waals surface area (Å²) in [4.78, 5) is 27.9. The number of aryl methyl sites for hydroxylation is 1.